The van der Waals surface area contributed by atoms with Crippen LogP contribution in [0.3, 0.4) is 0 Å². The average Bonchev–Trinajstić information content (AvgIpc) is 2.65. The Balaban J connectivity index is 1.49. The van der Waals surface area contributed by atoms with Gasteiger partial charge in [0.2, 0.25) is 0 Å². The summed E-state index contributed by atoms with van der Waals surface area (Å²) in [5.41, 5.74) is 1.55. The molecular weight excluding hydrogens is 359 g/mol. The SMILES string of the molecule is CC1(C)Oc2cc3oc(=O)ccc3cc2C[C@@H]1OC/C=C/c1ccc(F)cc1. The Labute approximate surface area is 162 Å². The van der Waals surface area contributed by atoms with E-state index in [-0.39, 0.29) is 17.5 Å². The van der Waals surface area contributed by atoms with Gasteiger partial charge in [-0.1, -0.05) is 24.3 Å². The molecule has 4 nitrogen and oxygen atoms in total. The van der Waals surface area contributed by atoms with Crippen LogP contribution in [0.1, 0.15) is 25.0 Å². The van der Waals surface area contributed by atoms with Crippen LogP contribution in [0, 0.1) is 5.82 Å². The van der Waals surface area contributed by atoms with Gasteiger partial charge in [0.15, 0.2) is 0 Å². The van der Waals surface area contributed by atoms with Gasteiger partial charge in [-0.2, -0.15) is 0 Å². The molecule has 0 fully saturated rings. The molecule has 1 aliphatic heterocycles. The van der Waals surface area contributed by atoms with E-state index in [2.05, 4.69) is 0 Å². The Hall–Kier alpha value is -2.92. The van der Waals surface area contributed by atoms with Gasteiger partial charge in [-0.3, -0.25) is 0 Å². The molecule has 0 N–H and O–H groups in total. The molecule has 4 rings (SSSR count). The zero-order chi connectivity index (χ0) is 19.7. The van der Waals surface area contributed by atoms with Crippen molar-refractivity contribution in [2.24, 2.45) is 0 Å². The summed E-state index contributed by atoms with van der Waals surface area (Å²) >= 11 is 0. The van der Waals surface area contributed by atoms with E-state index in [4.69, 9.17) is 13.9 Å². The lowest BCUT2D eigenvalue weighted by Crippen LogP contribution is -2.48. The zero-order valence-electron chi connectivity index (χ0n) is 15.8. The number of benzene rings is 2. The van der Waals surface area contributed by atoms with E-state index in [1.54, 1.807) is 24.3 Å². The van der Waals surface area contributed by atoms with Crippen molar-refractivity contribution in [2.45, 2.75) is 32.0 Å². The van der Waals surface area contributed by atoms with Crippen LogP contribution >= 0.6 is 0 Å². The van der Waals surface area contributed by atoms with E-state index < -0.39 is 5.60 Å². The fourth-order valence-corrected chi connectivity index (χ4v) is 3.38. The largest absolute Gasteiger partial charge is 0.485 e. The first kappa shape index (κ1) is 18.4. The molecule has 1 aromatic heterocycles. The second kappa shape index (κ2) is 7.24. The summed E-state index contributed by atoms with van der Waals surface area (Å²) in [4.78, 5) is 11.4. The van der Waals surface area contributed by atoms with Gasteiger partial charge in [0, 0.05) is 23.9 Å². The van der Waals surface area contributed by atoms with Crippen LogP contribution in [0.4, 0.5) is 4.39 Å². The van der Waals surface area contributed by atoms with Crippen molar-refractivity contribution in [2.75, 3.05) is 6.61 Å². The molecule has 1 aliphatic rings. The van der Waals surface area contributed by atoms with Gasteiger partial charge >= 0.3 is 5.63 Å². The van der Waals surface area contributed by atoms with Crippen molar-refractivity contribution in [3.8, 4) is 5.75 Å². The van der Waals surface area contributed by atoms with E-state index in [0.717, 1.165) is 16.5 Å². The van der Waals surface area contributed by atoms with Gasteiger partial charge in [0.05, 0.1) is 6.61 Å². The monoisotopic (exact) mass is 380 g/mol. The predicted molar refractivity (Wildman–Crippen MR) is 106 cm³/mol. The molecule has 0 radical (unpaired) electrons. The predicted octanol–water partition coefficient (Wildman–Crippen LogP) is 4.74. The molecule has 0 saturated carbocycles. The number of hydrogen-bond acceptors (Lipinski definition) is 4. The minimum atomic E-state index is -0.528. The highest BCUT2D eigenvalue weighted by Crippen LogP contribution is 2.37. The standard InChI is InChI=1S/C23H21FO4/c1-23(2)21(26-11-3-4-15-5-8-18(24)9-6-15)13-17-12-16-7-10-22(25)27-19(16)14-20(17)28-23/h3-10,12,14,21H,11,13H2,1-2H3/b4-3+/t21-/m0/s1. The Bertz CT molecular complexity index is 1080. The second-order valence-corrected chi connectivity index (χ2v) is 7.44. The van der Waals surface area contributed by atoms with Crippen LogP contribution in [0.2, 0.25) is 0 Å². The number of rotatable bonds is 4. The highest BCUT2D eigenvalue weighted by atomic mass is 19.1. The van der Waals surface area contributed by atoms with E-state index in [9.17, 15) is 9.18 Å². The van der Waals surface area contributed by atoms with E-state index in [0.29, 0.717) is 24.4 Å². The summed E-state index contributed by atoms with van der Waals surface area (Å²) in [6.07, 6.45) is 4.38. The maximum atomic E-state index is 13.0. The van der Waals surface area contributed by atoms with Gasteiger partial charge in [-0.15, -0.1) is 0 Å². The van der Waals surface area contributed by atoms with Crippen molar-refractivity contribution in [3.05, 3.63) is 82.0 Å². The summed E-state index contributed by atoms with van der Waals surface area (Å²) in [5.74, 6) is 0.466. The van der Waals surface area contributed by atoms with Crippen molar-refractivity contribution in [1.82, 2.24) is 0 Å². The molecule has 0 spiro atoms. The third kappa shape index (κ3) is 3.85. The van der Waals surface area contributed by atoms with E-state index in [1.165, 1.54) is 18.2 Å². The molecular formula is C23H21FO4. The van der Waals surface area contributed by atoms with Crippen LogP contribution in [0.15, 0.2) is 63.8 Å². The highest BCUT2D eigenvalue weighted by molar-refractivity contribution is 5.79. The van der Waals surface area contributed by atoms with Crippen LogP contribution in [0.5, 0.6) is 5.75 Å². The van der Waals surface area contributed by atoms with Crippen molar-refractivity contribution in [1.29, 1.82) is 0 Å². The first-order chi connectivity index (χ1) is 13.4. The lowest BCUT2D eigenvalue weighted by Gasteiger charge is -2.39. The Morgan fingerprint density at radius 3 is 2.75 bits per heavy atom. The fraction of sp³-hybridized carbons (Fsp3) is 0.261. The summed E-state index contributed by atoms with van der Waals surface area (Å²) in [5, 5.41) is 0.858. The maximum Gasteiger partial charge on any atom is 0.336 e. The van der Waals surface area contributed by atoms with Crippen molar-refractivity contribution in [3.63, 3.8) is 0 Å². The van der Waals surface area contributed by atoms with Crippen LogP contribution in [-0.2, 0) is 11.2 Å². The fourth-order valence-electron chi connectivity index (χ4n) is 3.38. The molecule has 2 aromatic carbocycles. The van der Waals surface area contributed by atoms with Gasteiger partial charge in [-0.25, -0.2) is 9.18 Å². The van der Waals surface area contributed by atoms with Gasteiger partial charge < -0.3 is 13.9 Å². The number of fused-ring (bicyclic) bond motifs is 2. The van der Waals surface area contributed by atoms with Gasteiger partial charge in [0.1, 0.15) is 28.9 Å². The van der Waals surface area contributed by atoms with Gasteiger partial charge in [-0.05, 0) is 49.2 Å². The topological polar surface area (TPSA) is 48.7 Å². The summed E-state index contributed by atoms with van der Waals surface area (Å²) in [7, 11) is 0. The minimum absolute atomic E-state index is 0.133. The summed E-state index contributed by atoms with van der Waals surface area (Å²) in [6.45, 7) is 4.39. The van der Waals surface area contributed by atoms with Crippen LogP contribution in [0.25, 0.3) is 17.0 Å². The lowest BCUT2D eigenvalue weighted by molar-refractivity contribution is -0.0753. The Morgan fingerprint density at radius 1 is 1.18 bits per heavy atom. The number of halogens is 1. The first-order valence-electron chi connectivity index (χ1n) is 9.20. The van der Waals surface area contributed by atoms with E-state index in [1.807, 2.05) is 32.1 Å². The van der Waals surface area contributed by atoms with Crippen LogP contribution in [-0.4, -0.2) is 18.3 Å². The van der Waals surface area contributed by atoms with Crippen molar-refractivity contribution < 1.29 is 18.3 Å². The smallest absolute Gasteiger partial charge is 0.336 e. The molecule has 5 heteroatoms. The number of ether oxygens (including phenoxy) is 2. The normalized spacial score (nSPS) is 18.2. The molecule has 0 bridgehead atoms. The third-order valence-electron chi connectivity index (χ3n) is 4.93. The molecule has 0 unspecified atom stereocenters. The Morgan fingerprint density at radius 2 is 1.96 bits per heavy atom. The molecule has 0 aliphatic carbocycles. The number of hydrogen-bond donors (Lipinski definition) is 0. The summed E-state index contributed by atoms with van der Waals surface area (Å²) in [6, 6.07) is 13.2. The molecule has 0 amide bonds. The molecule has 2 heterocycles. The lowest BCUT2D eigenvalue weighted by atomic mass is 9.90. The maximum absolute atomic E-state index is 13.0. The molecule has 0 saturated heterocycles. The third-order valence-corrected chi connectivity index (χ3v) is 4.93. The average molecular weight is 380 g/mol. The molecule has 28 heavy (non-hydrogen) atoms. The summed E-state index contributed by atoms with van der Waals surface area (Å²) < 4.78 is 30.4. The van der Waals surface area contributed by atoms with E-state index >= 15 is 0 Å². The highest BCUT2D eigenvalue weighted by Gasteiger charge is 2.37. The molecule has 144 valence electrons. The first-order valence-corrected chi connectivity index (χ1v) is 9.20. The molecule has 1 atom stereocenters. The zero-order valence-corrected chi connectivity index (χ0v) is 15.8. The van der Waals surface area contributed by atoms with Gasteiger partial charge in [0.25, 0.3) is 0 Å². The quantitative estimate of drug-likeness (QED) is 0.613. The molecule has 3 aromatic rings. The minimum Gasteiger partial charge on any atom is -0.485 e. The second-order valence-electron chi connectivity index (χ2n) is 7.44. The van der Waals surface area contributed by atoms with Crippen LogP contribution < -0.4 is 10.4 Å². The van der Waals surface area contributed by atoms with Crippen molar-refractivity contribution >= 4 is 17.0 Å². The Kier molecular flexibility index (Phi) is 4.77.